The van der Waals surface area contributed by atoms with Gasteiger partial charge in [-0.2, -0.15) is 5.10 Å². The molecule has 30 heavy (non-hydrogen) atoms. The summed E-state index contributed by atoms with van der Waals surface area (Å²) in [6.07, 6.45) is 9.87. The minimum Gasteiger partial charge on any atom is -0.490 e. The molecule has 1 saturated heterocycles. The molecule has 158 valence electrons. The monoisotopic (exact) mass is 408 g/mol. The van der Waals surface area contributed by atoms with Gasteiger partial charge in [-0.05, 0) is 31.7 Å². The fraction of sp³-hybridized carbons (Fsp3) is 0.500. The highest BCUT2D eigenvalue weighted by molar-refractivity contribution is 5.88. The van der Waals surface area contributed by atoms with E-state index in [-0.39, 0.29) is 6.10 Å². The molecule has 2 aliphatic rings. The summed E-state index contributed by atoms with van der Waals surface area (Å²) in [4.78, 5) is 11.1. The van der Waals surface area contributed by atoms with Gasteiger partial charge < -0.3 is 19.7 Å². The summed E-state index contributed by atoms with van der Waals surface area (Å²) in [7, 11) is 1.90. The van der Waals surface area contributed by atoms with Crippen LogP contribution in [0.1, 0.15) is 31.7 Å². The van der Waals surface area contributed by atoms with Crippen LogP contribution >= 0.6 is 0 Å². The van der Waals surface area contributed by atoms with E-state index in [1.54, 1.807) is 6.33 Å². The number of nitrogens with zero attached hydrogens (tertiary/aromatic N) is 5. The van der Waals surface area contributed by atoms with Crippen molar-refractivity contribution in [3.05, 3.63) is 36.9 Å². The summed E-state index contributed by atoms with van der Waals surface area (Å²) in [5.41, 5.74) is 2.07. The van der Waals surface area contributed by atoms with E-state index in [2.05, 4.69) is 48.3 Å². The van der Waals surface area contributed by atoms with Crippen molar-refractivity contribution in [2.75, 3.05) is 43.6 Å². The maximum absolute atomic E-state index is 6.53. The van der Waals surface area contributed by atoms with Crippen molar-refractivity contribution in [1.82, 2.24) is 19.7 Å². The third kappa shape index (κ3) is 3.92. The lowest BCUT2D eigenvalue weighted by molar-refractivity contribution is 0.122. The van der Waals surface area contributed by atoms with E-state index < -0.39 is 0 Å². The van der Waals surface area contributed by atoms with Crippen molar-refractivity contribution in [3.8, 4) is 5.75 Å². The van der Waals surface area contributed by atoms with Crippen molar-refractivity contribution in [2.24, 2.45) is 0 Å². The molecule has 0 unspecified atom stereocenters. The van der Waals surface area contributed by atoms with E-state index in [1.807, 2.05) is 19.3 Å². The maximum Gasteiger partial charge on any atom is 0.147 e. The Morgan fingerprint density at radius 2 is 1.97 bits per heavy atom. The number of ether oxygens (including phenoxy) is 2. The number of rotatable bonds is 5. The first-order valence-corrected chi connectivity index (χ1v) is 10.8. The van der Waals surface area contributed by atoms with Gasteiger partial charge in [0.1, 0.15) is 17.9 Å². The van der Waals surface area contributed by atoms with Gasteiger partial charge in [0.05, 0.1) is 36.3 Å². The lowest BCUT2D eigenvalue weighted by Gasteiger charge is -2.31. The fourth-order valence-corrected chi connectivity index (χ4v) is 4.42. The first-order chi connectivity index (χ1) is 14.8. The lowest BCUT2D eigenvalue weighted by Crippen LogP contribution is -2.36. The van der Waals surface area contributed by atoms with Crippen LogP contribution < -0.4 is 15.0 Å². The standard InChI is InChI=1S/C22H28N6O2/c1-23-22-6-7-28(26-22)16-2-4-18(5-3-16)30-21-13-17(27-8-10-29-11-9-27)12-20-19(21)14-24-15-25-20/h6-7,12-16,18H,2-5,8-11H2,1H3,(H,23,26). The van der Waals surface area contributed by atoms with E-state index in [0.29, 0.717) is 6.04 Å². The summed E-state index contributed by atoms with van der Waals surface area (Å²) in [5, 5.41) is 8.67. The quantitative estimate of drug-likeness (QED) is 0.694. The van der Waals surface area contributed by atoms with Gasteiger partial charge in [0.15, 0.2) is 0 Å². The molecule has 1 aliphatic carbocycles. The highest BCUT2D eigenvalue weighted by atomic mass is 16.5. The number of benzene rings is 1. The number of fused-ring (bicyclic) bond motifs is 1. The summed E-state index contributed by atoms with van der Waals surface area (Å²) in [6.45, 7) is 3.29. The van der Waals surface area contributed by atoms with Crippen molar-refractivity contribution in [3.63, 3.8) is 0 Å². The van der Waals surface area contributed by atoms with Gasteiger partial charge in [0.2, 0.25) is 0 Å². The Balaban J connectivity index is 1.32. The zero-order valence-corrected chi connectivity index (χ0v) is 17.3. The molecule has 5 rings (SSSR count). The molecule has 8 nitrogen and oxygen atoms in total. The highest BCUT2D eigenvalue weighted by Gasteiger charge is 2.25. The Kier molecular flexibility index (Phi) is 5.40. The second-order valence-electron chi connectivity index (χ2n) is 7.98. The van der Waals surface area contributed by atoms with Crippen LogP contribution in [0.5, 0.6) is 5.75 Å². The molecule has 1 aromatic carbocycles. The zero-order chi connectivity index (χ0) is 20.3. The van der Waals surface area contributed by atoms with Crippen LogP contribution in [0.25, 0.3) is 10.9 Å². The molecule has 1 saturated carbocycles. The zero-order valence-electron chi connectivity index (χ0n) is 17.3. The minimum absolute atomic E-state index is 0.198. The van der Waals surface area contributed by atoms with Crippen molar-refractivity contribution >= 4 is 22.4 Å². The van der Waals surface area contributed by atoms with Gasteiger partial charge in [-0.1, -0.05) is 0 Å². The Labute approximate surface area is 176 Å². The molecule has 3 heterocycles. The topological polar surface area (TPSA) is 77.3 Å². The Morgan fingerprint density at radius 3 is 2.73 bits per heavy atom. The molecule has 0 atom stereocenters. The summed E-state index contributed by atoms with van der Waals surface area (Å²) >= 11 is 0. The number of nitrogens with one attached hydrogen (secondary N) is 1. The second kappa shape index (κ2) is 8.47. The van der Waals surface area contributed by atoms with Gasteiger partial charge in [0, 0.05) is 50.4 Å². The van der Waals surface area contributed by atoms with Crippen LogP contribution in [-0.2, 0) is 4.74 Å². The van der Waals surface area contributed by atoms with Crippen molar-refractivity contribution in [2.45, 2.75) is 37.8 Å². The molecule has 1 aliphatic heterocycles. The highest BCUT2D eigenvalue weighted by Crippen LogP contribution is 2.35. The van der Waals surface area contributed by atoms with E-state index >= 15 is 0 Å². The molecule has 0 spiro atoms. The average Bonchev–Trinajstić information content (AvgIpc) is 3.29. The smallest absolute Gasteiger partial charge is 0.147 e. The normalized spacial score (nSPS) is 22.2. The van der Waals surface area contributed by atoms with E-state index in [9.17, 15) is 0 Å². The SMILES string of the molecule is CNc1ccn(C2CCC(Oc3cc(N4CCOCC4)cc4ncncc34)CC2)n1. The average molecular weight is 409 g/mol. The first kappa shape index (κ1) is 19.1. The van der Waals surface area contributed by atoms with E-state index in [0.717, 1.165) is 80.1 Å². The third-order valence-corrected chi connectivity index (χ3v) is 6.12. The number of hydrogen-bond acceptors (Lipinski definition) is 7. The summed E-state index contributed by atoms with van der Waals surface area (Å²) in [6, 6.07) is 6.73. The molecule has 0 radical (unpaired) electrons. The number of aromatic nitrogens is 4. The van der Waals surface area contributed by atoms with Crippen LogP contribution in [0.15, 0.2) is 36.9 Å². The predicted molar refractivity (Wildman–Crippen MR) is 116 cm³/mol. The molecule has 8 heteroatoms. The van der Waals surface area contributed by atoms with Crippen molar-refractivity contribution < 1.29 is 9.47 Å². The largest absolute Gasteiger partial charge is 0.490 e. The Morgan fingerprint density at radius 1 is 1.13 bits per heavy atom. The number of hydrogen-bond donors (Lipinski definition) is 1. The maximum atomic E-state index is 6.53. The van der Waals surface area contributed by atoms with E-state index in [1.165, 1.54) is 0 Å². The molecule has 1 N–H and O–H groups in total. The van der Waals surface area contributed by atoms with Gasteiger partial charge >= 0.3 is 0 Å². The number of morpholine rings is 1. The third-order valence-electron chi connectivity index (χ3n) is 6.12. The van der Waals surface area contributed by atoms with Crippen LogP contribution in [0.4, 0.5) is 11.5 Å². The molecule has 3 aromatic rings. The predicted octanol–water partition coefficient (Wildman–Crippen LogP) is 3.27. The van der Waals surface area contributed by atoms with Crippen LogP contribution in [0, 0.1) is 0 Å². The fourth-order valence-electron chi connectivity index (χ4n) is 4.42. The first-order valence-electron chi connectivity index (χ1n) is 10.8. The minimum atomic E-state index is 0.198. The van der Waals surface area contributed by atoms with Gasteiger partial charge in [-0.25, -0.2) is 9.97 Å². The van der Waals surface area contributed by atoms with Crippen molar-refractivity contribution in [1.29, 1.82) is 0 Å². The Hall–Kier alpha value is -2.87. The molecular formula is C22H28N6O2. The van der Waals surface area contributed by atoms with Crippen LogP contribution in [-0.4, -0.2) is 59.2 Å². The number of anilines is 2. The van der Waals surface area contributed by atoms with Gasteiger partial charge in [0.25, 0.3) is 0 Å². The molecule has 2 fully saturated rings. The summed E-state index contributed by atoms with van der Waals surface area (Å²) in [5.74, 6) is 1.80. The molecule has 0 amide bonds. The second-order valence-corrected chi connectivity index (χ2v) is 7.98. The van der Waals surface area contributed by atoms with Gasteiger partial charge in [-0.15, -0.1) is 0 Å². The lowest BCUT2D eigenvalue weighted by atomic mass is 9.93. The molecule has 2 aromatic heterocycles. The molecule has 0 bridgehead atoms. The summed E-state index contributed by atoms with van der Waals surface area (Å²) < 4.78 is 14.1. The van der Waals surface area contributed by atoms with Crippen LogP contribution in [0.3, 0.4) is 0 Å². The van der Waals surface area contributed by atoms with Crippen LogP contribution in [0.2, 0.25) is 0 Å². The Bertz CT molecular complexity index is 992. The molecular weight excluding hydrogens is 380 g/mol. The van der Waals surface area contributed by atoms with Gasteiger partial charge in [-0.3, -0.25) is 4.68 Å². The van der Waals surface area contributed by atoms with E-state index in [4.69, 9.17) is 9.47 Å².